The number of nitrogens with zero attached hydrogens (tertiary/aromatic N) is 2. The summed E-state index contributed by atoms with van der Waals surface area (Å²) in [5.74, 6) is 1.05. The lowest BCUT2D eigenvalue weighted by molar-refractivity contribution is 0.700. The first kappa shape index (κ1) is 13.5. The minimum atomic E-state index is 0.453. The molecular weight excluding hydrogens is 266 g/mol. The minimum Gasteiger partial charge on any atom is -0.357 e. The largest absolute Gasteiger partial charge is 0.357 e. The van der Waals surface area contributed by atoms with Crippen LogP contribution in [-0.2, 0) is 6.54 Å². The van der Waals surface area contributed by atoms with Gasteiger partial charge in [0.25, 0.3) is 0 Å². The number of nitrogens with one attached hydrogen (secondary N) is 1. The lowest BCUT2D eigenvalue weighted by atomic mass is 10.2. The Labute approximate surface area is 106 Å². The zero-order valence-electron chi connectivity index (χ0n) is 10.4. The van der Waals surface area contributed by atoms with E-state index in [0.717, 1.165) is 23.4 Å². The van der Waals surface area contributed by atoms with Crippen LogP contribution in [0.15, 0.2) is 16.7 Å². The van der Waals surface area contributed by atoms with Crippen LogP contribution in [-0.4, -0.2) is 24.6 Å². The fraction of sp³-hybridized carbons (Fsp3) is 0.583. The predicted molar refractivity (Wildman–Crippen MR) is 72.9 cm³/mol. The van der Waals surface area contributed by atoms with Crippen molar-refractivity contribution in [3.63, 3.8) is 0 Å². The second-order valence-electron chi connectivity index (χ2n) is 4.12. The molecule has 0 atom stereocenters. The van der Waals surface area contributed by atoms with Crippen molar-refractivity contribution in [3.8, 4) is 0 Å². The van der Waals surface area contributed by atoms with Crippen molar-refractivity contribution in [2.75, 3.05) is 18.5 Å². The molecule has 0 saturated carbocycles. The van der Waals surface area contributed by atoms with Gasteiger partial charge in [-0.3, -0.25) is 0 Å². The Hall–Kier alpha value is -0.610. The molecule has 16 heavy (non-hydrogen) atoms. The molecule has 90 valence electrons. The first-order valence-electron chi connectivity index (χ1n) is 5.64. The molecule has 1 heterocycles. The number of pyridine rings is 1. The maximum atomic E-state index is 4.49. The summed E-state index contributed by atoms with van der Waals surface area (Å²) in [6.07, 6.45) is 1.85. The summed E-state index contributed by atoms with van der Waals surface area (Å²) in [7, 11) is 2.08. The van der Waals surface area contributed by atoms with Gasteiger partial charge in [-0.05, 0) is 42.4 Å². The molecule has 0 unspecified atom stereocenters. The molecular formula is C12H20BrN3. The van der Waals surface area contributed by atoms with Crippen molar-refractivity contribution < 1.29 is 0 Å². The summed E-state index contributed by atoms with van der Waals surface area (Å²) >= 11 is 3.47. The first-order valence-corrected chi connectivity index (χ1v) is 6.43. The van der Waals surface area contributed by atoms with Crippen LogP contribution in [0.2, 0.25) is 0 Å². The standard InChI is InChI=1S/C12H20BrN3/c1-5-14-7-10-6-11(13)8-15-12(10)16(4)9(2)3/h6,8-9,14H,5,7H2,1-4H3. The van der Waals surface area contributed by atoms with Gasteiger partial charge in [-0.25, -0.2) is 4.98 Å². The molecule has 0 spiro atoms. The van der Waals surface area contributed by atoms with E-state index in [2.05, 4.69) is 65.0 Å². The zero-order valence-corrected chi connectivity index (χ0v) is 12.0. The molecule has 3 nitrogen and oxygen atoms in total. The lowest BCUT2D eigenvalue weighted by Gasteiger charge is -2.25. The maximum Gasteiger partial charge on any atom is 0.133 e. The first-order chi connectivity index (χ1) is 7.56. The Bertz CT molecular complexity index is 339. The number of hydrogen-bond acceptors (Lipinski definition) is 3. The van der Waals surface area contributed by atoms with E-state index in [1.165, 1.54) is 5.56 Å². The topological polar surface area (TPSA) is 28.2 Å². The predicted octanol–water partition coefficient (Wildman–Crippen LogP) is 2.80. The van der Waals surface area contributed by atoms with Gasteiger partial charge in [0.15, 0.2) is 0 Å². The van der Waals surface area contributed by atoms with Crippen molar-refractivity contribution in [1.29, 1.82) is 0 Å². The second kappa shape index (κ2) is 6.21. The average Bonchev–Trinajstić information content (AvgIpc) is 2.25. The SMILES string of the molecule is CCNCc1cc(Br)cnc1N(C)C(C)C. The van der Waals surface area contributed by atoms with E-state index in [0.29, 0.717) is 6.04 Å². The molecule has 0 aromatic carbocycles. The van der Waals surface area contributed by atoms with Crippen molar-refractivity contribution >= 4 is 21.7 Å². The fourth-order valence-electron chi connectivity index (χ4n) is 1.43. The van der Waals surface area contributed by atoms with Crippen molar-refractivity contribution in [2.24, 2.45) is 0 Å². The van der Waals surface area contributed by atoms with E-state index in [1.54, 1.807) is 0 Å². The molecule has 0 saturated heterocycles. The Kier molecular flexibility index (Phi) is 5.22. The third kappa shape index (κ3) is 3.46. The van der Waals surface area contributed by atoms with Gasteiger partial charge in [-0.2, -0.15) is 0 Å². The quantitative estimate of drug-likeness (QED) is 0.902. The molecule has 4 heteroatoms. The number of hydrogen-bond donors (Lipinski definition) is 1. The van der Waals surface area contributed by atoms with Gasteiger partial charge in [0.2, 0.25) is 0 Å². The van der Waals surface area contributed by atoms with Gasteiger partial charge in [-0.1, -0.05) is 6.92 Å². The summed E-state index contributed by atoms with van der Waals surface area (Å²) in [6, 6.07) is 2.58. The summed E-state index contributed by atoms with van der Waals surface area (Å²) in [5, 5.41) is 3.34. The molecule has 0 amide bonds. The molecule has 0 aliphatic rings. The molecule has 0 aliphatic heterocycles. The van der Waals surface area contributed by atoms with Gasteiger partial charge >= 0.3 is 0 Å². The molecule has 0 radical (unpaired) electrons. The molecule has 1 rings (SSSR count). The number of rotatable bonds is 5. The van der Waals surface area contributed by atoms with Crippen LogP contribution in [0.1, 0.15) is 26.3 Å². The van der Waals surface area contributed by atoms with Crippen molar-refractivity contribution in [1.82, 2.24) is 10.3 Å². The summed E-state index contributed by atoms with van der Waals surface area (Å²) in [4.78, 5) is 6.68. The highest BCUT2D eigenvalue weighted by Crippen LogP contribution is 2.22. The lowest BCUT2D eigenvalue weighted by Crippen LogP contribution is -2.28. The van der Waals surface area contributed by atoms with E-state index >= 15 is 0 Å². The minimum absolute atomic E-state index is 0.453. The van der Waals surface area contributed by atoms with Crippen LogP contribution in [0.25, 0.3) is 0 Å². The Morgan fingerprint density at radius 3 is 2.75 bits per heavy atom. The molecule has 0 aliphatic carbocycles. The monoisotopic (exact) mass is 285 g/mol. The van der Waals surface area contributed by atoms with Gasteiger partial charge in [0.1, 0.15) is 5.82 Å². The Morgan fingerprint density at radius 1 is 1.50 bits per heavy atom. The van der Waals surface area contributed by atoms with Gasteiger partial charge in [0.05, 0.1) is 0 Å². The normalized spacial score (nSPS) is 10.9. The smallest absolute Gasteiger partial charge is 0.133 e. The van der Waals surface area contributed by atoms with Crippen LogP contribution in [0, 0.1) is 0 Å². The van der Waals surface area contributed by atoms with Crippen LogP contribution in [0.4, 0.5) is 5.82 Å². The van der Waals surface area contributed by atoms with Gasteiger partial charge in [-0.15, -0.1) is 0 Å². The Balaban J connectivity index is 2.97. The fourth-order valence-corrected chi connectivity index (χ4v) is 1.80. The third-order valence-corrected chi connectivity index (χ3v) is 3.02. The van der Waals surface area contributed by atoms with Gasteiger partial charge < -0.3 is 10.2 Å². The van der Waals surface area contributed by atoms with E-state index in [9.17, 15) is 0 Å². The highest BCUT2D eigenvalue weighted by Gasteiger charge is 2.11. The third-order valence-electron chi connectivity index (χ3n) is 2.58. The molecule has 1 aromatic heterocycles. The van der Waals surface area contributed by atoms with E-state index in [4.69, 9.17) is 0 Å². The van der Waals surface area contributed by atoms with Crippen LogP contribution in [0.5, 0.6) is 0 Å². The van der Waals surface area contributed by atoms with Crippen LogP contribution >= 0.6 is 15.9 Å². The summed E-state index contributed by atoms with van der Waals surface area (Å²) in [5.41, 5.74) is 1.23. The van der Waals surface area contributed by atoms with E-state index in [-0.39, 0.29) is 0 Å². The Morgan fingerprint density at radius 2 is 2.19 bits per heavy atom. The van der Waals surface area contributed by atoms with Crippen LogP contribution in [0.3, 0.4) is 0 Å². The number of anilines is 1. The molecule has 0 bridgehead atoms. The second-order valence-corrected chi connectivity index (χ2v) is 5.04. The van der Waals surface area contributed by atoms with Crippen molar-refractivity contribution in [3.05, 3.63) is 22.3 Å². The highest BCUT2D eigenvalue weighted by atomic mass is 79.9. The van der Waals surface area contributed by atoms with Crippen molar-refractivity contribution in [2.45, 2.75) is 33.4 Å². The van der Waals surface area contributed by atoms with E-state index in [1.807, 2.05) is 6.20 Å². The zero-order chi connectivity index (χ0) is 12.1. The average molecular weight is 286 g/mol. The molecule has 1 N–H and O–H groups in total. The summed E-state index contributed by atoms with van der Waals surface area (Å²) < 4.78 is 1.03. The molecule has 1 aromatic rings. The van der Waals surface area contributed by atoms with Crippen LogP contribution < -0.4 is 10.2 Å². The van der Waals surface area contributed by atoms with Gasteiger partial charge in [0, 0.05) is 35.9 Å². The van der Waals surface area contributed by atoms with E-state index < -0.39 is 0 Å². The molecule has 0 fully saturated rings. The highest BCUT2D eigenvalue weighted by molar-refractivity contribution is 9.10. The maximum absolute atomic E-state index is 4.49. The summed E-state index contributed by atoms with van der Waals surface area (Å²) in [6.45, 7) is 8.27. The number of halogens is 1. The number of aromatic nitrogens is 1.